The number of imidazole rings is 1. The number of rotatable bonds is 5. The summed E-state index contributed by atoms with van der Waals surface area (Å²) in [6.07, 6.45) is 9.07. The summed E-state index contributed by atoms with van der Waals surface area (Å²) in [5.74, 6) is 0. The summed E-state index contributed by atoms with van der Waals surface area (Å²) in [4.78, 5) is 4.73. The maximum atomic E-state index is 4.73. The molecule has 3 heteroatoms. The number of pyridine rings is 2. The van der Waals surface area contributed by atoms with E-state index in [0.29, 0.717) is 0 Å². The Labute approximate surface area is 119 Å². The zero-order valence-electron chi connectivity index (χ0n) is 12.3. The van der Waals surface area contributed by atoms with E-state index in [0.717, 1.165) is 24.1 Å². The van der Waals surface area contributed by atoms with Crippen LogP contribution >= 0.6 is 0 Å². The van der Waals surface area contributed by atoms with E-state index in [1.54, 1.807) is 0 Å². The van der Waals surface area contributed by atoms with Gasteiger partial charge in [0.15, 0.2) is 17.4 Å². The molecular formula is C17H22N3+. The Morgan fingerprint density at radius 3 is 2.90 bits per heavy atom. The Kier molecular flexibility index (Phi) is 3.68. The van der Waals surface area contributed by atoms with Crippen molar-refractivity contribution in [2.24, 2.45) is 0 Å². The minimum atomic E-state index is 1.03. The quantitative estimate of drug-likeness (QED) is 0.649. The molecule has 0 aliphatic carbocycles. The molecule has 3 aromatic heterocycles. The fourth-order valence-corrected chi connectivity index (χ4v) is 2.75. The van der Waals surface area contributed by atoms with E-state index in [2.05, 4.69) is 53.4 Å². The minimum absolute atomic E-state index is 1.03. The lowest BCUT2D eigenvalue weighted by atomic mass is 10.2. The van der Waals surface area contributed by atoms with Crippen LogP contribution in [-0.2, 0) is 13.0 Å². The second kappa shape index (κ2) is 5.61. The highest BCUT2D eigenvalue weighted by atomic mass is 15.0. The van der Waals surface area contributed by atoms with Crippen molar-refractivity contribution in [3.05, 3.63) is 42.4 Å². The fraction of sp³-hybridized carbons (Fsp3) is 0.412. The average molecular weight is 268 g/mol. The van der Waals surface area contributed by atoms with E-state index >= 15 is 0 Å². The molecule has 0 saturated carbocycles. The van der Waals surface area contributed by atoms with E-state index in [-0.39, 0.29) is 0 Å². The van der Waals surface area contributed by atoms with Gasteiger partial charge in [0.25, 0.3) is 0 Å². The second-order valence-electron chi connectivity index (χ2n) is 5.37. The van der Waals surface area contributed by atoms with Crippen molar-refractivity contribution >= 4 is 16.7 Å². The molecule has 3 heterocycles. The van der Waals surface area contributed by atoms with E-state index < -0.39 is 0 Å². The summed E-state index contributed by atoms with van der Waals surface area (Å²) in [5.41, 5.74) is 4.75. The largest absolute Gasteiger partial charge is 0.299 e. The third kappa shape index (κ3) is 2.28. The molecule has 0 spiro atoms. The van der Waals surface area contributed by atoms with Crippen LogP contribution in [0.15, 0.2) is 36.7 Å². The van der Waals surface area contributed by atoms with Gasteiger partial charge in [0, 0.05) is 25.1 Å². The Bertz CT molecular complexity index is 728. The topological polar surface area (TPSA) is 21.2 Å². The molecule has 104 valence electrons. The van der Waals surface area contributed by atoms with E-state index in [4.69, 9.17) is 4.98 Å². The molecule has 0 N–H and O–H groups in total. The lowest BCUT2D eigenvalue weighted by Gasteiger charge is -2.03. The van der Waals surface area contributed by atoms with Gasteiger partial charge in [-0.2, -0.15) is 0 Å². The first-order valence-electron chi connectivity index (χ1n) is 7.62. The molecular weight excluding hydrogens is 246 g/mol. The standard InChI is InChI=1S/C17H22N3/c1-3-5-10-19-13-15-16(12-14(19)8-4-2)20-11-7-6-9-17(20)18-15/h6-7,9,11-13H,3-5,8,10H2,1-2H3/q+1. The summed E-state index contributed by atoms with van der Waals surface area (Å²) in [5, 5.41) is 0. The maximum Gasteiger partial charge on any atom is 0.197 e. The molecule has 0 saturated heterocycles. The zero-order chi connectivity index (χ0) is 13.9. The summed E-state index contributed by atoms with van der Waals surface area (Å²) in [6.45, 7) is 5.57. The monoisotopic (exact) mass is 268 g/mol. The van der Waals surface area contributed by atoms with Gasteiger partial charge in [-0.1, -0.05) is 26.3 Å². The molecule has 3 aromatic rings. The highest BCUT2D eigenvalue weighted by molar-refractivity contribution is 5.79. The molecule has 0 atom stereocenters. The van der Waals surface area contributed by atoms with Gasteiger partial charge in [0.05, 0.1) is 5.52 Å². The van der Waals surface area contributed by atoms with Crippen LogP contribution in [0.3, 0.4) is 0 Å². The van der Waals surface area contributed by atoms with Crippen LogP contribution in [0.5, 0.6) is 0 Å². The lowest BCUT2D eigenvalue weighted by Crippen LogP contribution is -2.38. The van der Waals surface area contributed by atoms with Gasteiger partial charge in [-0.3, -0.25) is 4.40 Å². The molecule has 0 radical (unpaired) electrons. The Morgan fingerprint density at radius 1 is 1.20 bits per heavy atom. The predicted molar refractivity (Wildman–Crippen MR) is 81.8 cm³/mol. The first-order valence-corrected chi connectivity index (χ1v) is 7.62. The molecule has 0 aromatic carbocycles. The van der Waals surface area contributed by atoms with Crippen molar-refractivity contribution in [2.75, 3.05) is 0 Å². The third-order valence-corrected chi connectivity index (χ3v) is 3.80. The van der Waals surface area contributed by atoms with Crippen molar-refractivity contribution in [1.82, 2.24) is 9.38 Å². The van der Waals surface area contributed by atoms with Gasteiger partial charge in [-0.05, 0) is 18.6 Å². The van der Waals surface area contributed by atoms with Crippen LogP contribution in [0, 0.1) is 0 Å². The molecule has 0 bridgehead atoms. The first-order chi connectivity index (χ1) is 9.83. The Hall–Kier alpha value is -1.90. The van der Waals surface area contributed by atoms with E-state index in [1.165, 1.54) is 30.5 Å². The molecule has 0 fully saturated rings. The highest BCUT2D eigenvalue weighted by Crippen LogP contribution is 2.16. The third-order valence-electron chi connectivity index (χ3n) is 3.80. The number of unbranched alkanes of at least 4 members (excludes halogenated alkanes) is 1. The van der Waals surface area contributed by atoms with Gasteiger partial charge < -0.3 is 0 Å². The summed E-state index contributed by atoms with van der Waals surface area (Å²) < 4.78 is 4.57. The molecule has 0 aliphatic rings. The first kappa shape index (κ1) is 13.1. The molecule has 3 nitrogen and oxygen atoms in total. The van der Waals surface area contributed by atoms with Crippen molar-refractivity contribution < 1.29 is 4.57 Å². The van der Waals surface area contributed by atoms with Crippen molar-refractivity contribution in [2.45, 2.75) is 46.1 Å². The summed E-state index contributed by atoms with van der Waals surface area (Å²) in [7, 11) is 0. The van der Waals surface area contributed by atoms with Crippen LogP contribution < -0.4 is 4.57 Å². The molecule has 20 heavy (non-hydrogen) atoms. The summed E-state index contributed by atoms with van der Waals surface area (Å²) in [6, 6.07) is 8.48. The predicted octanol–water partition coefficient (Wildman–Crippen LogP) is 3.53. The van der Waals surface area contributed by atoms with E-state index in [1.807, 2.05) is 6.07 Å². The zero-order valence-corrected chi connectivity index (χ0v) is 12.3. The van der Waals surface area contributed by atoms with Crippen LogP contribution in [0.4, 0.5) is 0 Å². The maximum absolute atomic E-state index is 4.73. The van der Waals surface area contributed by atoms with Crippen LogP contribution in [0.1, 0.15) is 38.8 Å². The Morgan fingerprint density at radius 2 is 2.10 bits per heavy atom. The summed E-state index contributed by atoms with van der Waals surface area (Å²) >= 11 is 0. The smallest absolute Gasteiger partial charge is 0.197 e. The van der Waals surface area contributed by atoms with Crippen LogP contribution in [0.2, 0.25) is 0 Å². The Balaban J connectivity index is 2.18. The van der Waals surface area contributed by atoms with Gasteiger partial charge in [-0.25, -0.2) is 9.55 Å². The normalized spacial score (nSPS) is 11.5. The molecule has 0 unspecified atom stereocenters. The lowest BCUT2D eigenvalue weighted by molar-refractivity contribution is -0.703. The van der Waals surface area contributed by atoms with E-state index in [9.17, 15) is 0 Å². The molecule has 0 aliphatic heterocycles. The van der Waals surface area contributed by atoms with Crippen molar-refractivity contribution in [3.8, 4) is 0 Å². The highest BCUT2D eigenvalue weighted by Gasteiger charge is 2.15. The SMILES string of the molecule is CCCC[n+]1cc2nc3ccccn3c2cc1CCC. The number of nitrogens with zero attached hydrogens (tertiary/aromatic N) is 3. The van der Waals surface area contributed by atoms with Crippen molar-refractivity contribution in [3.63, 3.8) is 0 Å². The number of fused-ring (bicyclic) bond motifs is 3. The van der Waals surface area contributed by atoms with Gasteiger partial charge in [-0.15, -0.1) is 0 Å². The fourth-order valence-electron chi connectivity index (χ4n) is 2.75. The van der Waals surface area contributed by atoms with Crippen LogP contribution in [-0.4, -0.2) is 9.38 Å². The molecule has 0 amide bonds. The van der Waals surface area contributed by atoms with Gasteiger partial charge >= 0.3 is 0 Å². The van der Waals surface area contributed by atoms with Crippen molar-refractivity contribution in [1.29, 1.82) is 0 Å². The number of hydrogen-bond donors (Lipinski definition) is 0. The molecule has 3 rings (SSSR count). The van der Waals surface area contributed by atoms with Gasteiger partial charge in [0.2, 0.25) is 0 Å². The second-order valence-corrected chi connectivity index (χ2v) is 5.37. The number of aromatic nitrogens is 3. The van der Waals surface area contributed by atoms with Crippen LogP contribution in [0.25, 0.3) is 16.7 Å². The number of hydrogen-bond acceptors (Lipinski definition) is 1. The average Bonchev–Trinajstić information content (AvgIpc) is 2.83. The van der Waals surface area contributed by atoms with Gasteiger partial charge in [0.1, 0.15) is 12.2 Å². The minimum Gasteiger partial charge on any atom is -0.299 e. The number of aryl methyl sites for hydroxylation is 2.